The smallest absolute Gasteiger partial charge is 0.321 e. The number of para-hydroxylation sites is 1. The molecule has 1 atom stereocenters. The van der Waals surface area contributed by atoms with Crippen LogP contribution in [0.3, 0.4) is 0 Å². The Morgan fingerprint density at radius 3 is 2.67 bits per heavy atom. The number of rotatable bonds is 4. The van der Waals surface area contributed by atoms with Gasteiger partial charge in [0.15, 0.2) is 5.60 Å². The van der Waals surface area contributed by atoms with E-state index in [1.807, 2.05) is 61.5 Å². The Morgan fingerprint density at radius 2 is 1.90 bits per heavy atom. The van der Waals surface area contributed by atoms with Crippen LogP contribution in [0.15, 0.2) is 59.8 Å². The van der Waals surface area contributed by atoms with E-state index in [9.17, 15) is 9.59 Å². The minimum Gasteiger partial charge on any atom is -0.386 e. The highest BCUT2D eigenvalue weighted by atomic mass is 16.7. The number of piperidine rings is 1. The lowest BCUT2D eigenvalue weighted by Crippen LogP contribution is -2.52. The molecular weight excluding hydrogens is 380 g/mol. The standard InChI is InChI=1S/C23H26N4O3/c1-17-8-10-18(11-9-17)15-24-21(28)20-14-23(30-26-20)12-5-13-27(16-23)22(29)25-19-6-3-2-4-7-19/h2-4,6-11H,5,12-16H2,1H3,(H,24,28)(H,25,29). The molecule has 2 N–H and O–H groups in total. The molecule has 156 valence electrons. The summed E-state index contributed by atoms with van der Waals surface area (Å²) in [5, 5.41) is 9.88. The van der Waals surface area contributed by atoms with Crippen LogP contribution < -0.4 is 10.6 Å². The maximum atomic E-state index is 12.6. The molecule has 3 amide bonds. The third-order valence-electron chi connectivity index (χ3n) is 5.53. The van der Waals surface area contributed by atoms with Crippen LogP contribution in [-0.2, 0) is 16.2 Å². The maximum absolute atomic E-state index is 12.6. The Hall–Kier alpha value is -3.35. The highest BCUT2D eigenvalue weighted by molar-refractivity contribution is 6.39. The van der Waals surface area contributed by atoms with Crippen LogP contribution in [0, 0.1) is 6.92 Å². The number of carbonyl (C=O) groups is 2. The average Bonchev–Trinajstić information content (AvgIpc) is 3.17. The van der Waals surface area contributed by atoms with Gasteiger partial charge in [0.2, 0.25) is 0 Å². The Morgan fingerprint density at radius 1 is 1.13 bits per heavy atom. The first-order valence-corrected chi connectivity index (χ1v) is 10.2. The highest BCUT2D eigenvalue weighted by Crippen LogP contribution is 2.33. The molecule has 1 unspecified atom stereocenters. The van der Waals surface area contributed by atoms with Gasteiger partial charge in [-0.2, -0.15) is 0 Å². The van der Waals surface area contributed by atoms with Crippen molar-refractivity contribution in [1.29, 1.82) is 0 Å². The van der Waals surface area contributed by atoms with Crippen molar-refractivity contribution >= 4 is 23.3 Å². The number of anilines is 1. The van der Waals surface area contributed by atoms with Gasteiger partial charge in [0, 0.05) is 25.2 Å². The summed E-state index contributed by atoms with van der Waals surface area (Å²) in [6, 6.07) is 17.2. The first-order valence-electron chi connectivity index (χ1n) is 10.2. The van der Waals surface area contributed by atoms with Crippen molar-refractivity contribution in [3.63, 3.8) is 0 Å². The van der Waals surface area contributed by atoms with E-state index in [4.69, 9.17) is 4.84 Å². The Balaban J connectivity index is 1.31. The number of carbonyl (C=O) groups excluding carboxylic acids is 2. The van der Waals surface area contributed by atoms with Gasteiger partial charge in [-0.1, -0.05) is 53.2 Å². The number of hydrogen-bond donors (Lipinski definition) is 2. The Kier molecular flexibility index (Phi) is 5.70. The van der Waals surface area contributed by atoms with E-state index in [-0.39, 0.29) is 11.9 Å². The number of hydrogen-bond acceptors (Lipinski definition) is 4. The Bertz CT molecular complexity index is 943. The number of likely N-dealkylation sites (tertiary alicyclic amines) is 1. The second kappa shape index (κ2) is 8.57. The normalized spacial score (nSPS) is 20.4. The summed E-state index contributed by atoms with van der Waals surface area (Å²) in [7, 11) is 0. The maximum Gasteiger partial charge on any atom is 0.321 e. The van der Waals surface area contributed by atoms with Gasteiger partial charge in [0.25, 0.3) is 5.91 Å². The van der Waals surface area contributed by atoms with Crippen LogP contribution in [0.4, 0.5) is 10.5 Å². The molecule has 1 saturated heterocycles. The van der Waals surface area contributed by atoms with E-state index < -0.39 is 5.60 Å². The van der Waals surface area contributed by atoms with E-state index in [1.165, 1.54) is 5.56 Å². The van der Waals surface area contributed by atoms with E-state index in [0.29, 0.717) is 31.8 Å². The van der Waals surface area contributed by atoms with Crippen molar-refractivity contribution in [2.75, 3.05) is 18.4 Å². The zero-order valence-corrected chi connectivity index (χ0v) is 17.1. The molecule has 0 bridgehead atoms. The van der Waals surface area contributed by atoms with E-state index in [1.54, 1.807) is 4.90 Å². The van der Waals surface area contributed by atoms with Gasteiger partial charge in [0.05, 0.1) is 6.54 Å². The molecular formula is C23H26N4O3. The summed E-state index contributed by atoms with van der Waals surface area (Å²) in [6.45, 7) is 3.53. The number of nitrogens with one attached hydrogen (secondary N) is 2. The molecule has 1 fully saturated rings. The first kappa shape index (κ1) is 19.9. The van der Waals surface area contributed by atoms with Crippen LogP contribution in [-0.4, -0.2) is 41.2 Å². The number of urea groups is 1. The third-order valence-corrected chi connectivity index (χ3v) is 5.53. The number of nitrogens with zero attached hydrogens (tertiary/aromatic N) is 2. The molecule has 30 heavy (non-hydrogen) atoms. The number of oxime groups is 1. The molecule has 4 rings (SSSR count). The zero-order valence-electron chi connectivity index (χ0n) is 17.1. The fraction of sp³-hybridized carbons (Fsp3) is 0.348. The molecule has 7 nitrogen and oxygen atoms in total. The molecule has 0 saturated carbocycles. The SMILES string of the molecule is Cc1ccc(CNC(=O)C2=NOC3(CCCN(C(=O)Nc4ccccc4)C3)C2)cc1. The van der Waals surface area contributed by atoms with Gasteiger partial charge in [-0.15, -0.1) is 0 Å². The molecule has 0 aromatic heterocycles. The van der Waals surface area contributed by atoms with Crippen LogP contribution in [0.5, 0.6) is 0 Å². The summed E-state index contributed by atoms with van der Waals surface area (Å²) >= 11 is 0. The van der Waals surface area contributed by atoms with Crippen molar-refractivity contribution in [3.05, 3.63) is 65.7 Å². The predicted octanol–water partition coefficient (Wildman–Crippen LogP) is 3.45. The molecule has 0 radical (unpaired) electrons. The summed E-state index contributed by atoms with van der Waals surface area (Å²) in [6.07, 6.45) is 1.97. The zero-order chi connectivity index (χ0) is 21.0. The van der Waals surface area contributed by atoms with Gasteiger partial charge >= 0.3 is 6.03 Å². The number of amides is 3. The van der Waals surface area contributed by atoms with Gasteiger partial charge in [-0.25, -0.2) is 4.79 Å². The van der Waals surface area contributed by atoms with E-state index in [2.05, 4.69) is 15.8 Å². The van der Waals surface area contributed by atoms with Gasteiger partial charge in [-0.3, -0.25) is 4.79 Å². The minimum atomic E-state index is -0.622. The highest BCUT2D eigenvalue weighted by Gasteiger charge is 2.45. The fourth-order valence-electron chi connectivity index (χ4n) is 3.85. The molecule has 2 heterocycles. The molecule has 0 aliphatic carbocycles. The average molecular weight is 406 g/mol. The summed E-state index contributed by atoms with van der Waals surface area (Å²) < 4.78 is 0. The lowest BCUT2D eigenvalue weighted by atomic mass is 9.88. The number of aryl methyl sites for hydroxylation is 1. The third kappa shape index (κ3) is 4.62. The van der Waals surface area contributed by atoms with E-state index in [0.717, 1.165) is 24.1 Å². The second-order valence-corrected chi connectivity index (χ2v) is 7.98. The quantitative estimate of drug-likeness (QED) is 0.816. The largest absolute Gasteiger partial charge is 0.386 e. The summed E-state index contributed by atoms with van der Waals surface area (Å²) in [5.41, 5.74) is 2.72. The monoisotopic (exact) mass is 406 g/mol. The predicted molar refractivity (Wildman–Crippen MR) is 115 cm³/mol. The van der Waals surface area contributed by atoms with Crippen molar-refractivity contribution < 1.29 is 14.4 Å². The van der Waals surface area contributed by atoms with Crippen molar-refractivity contribution in [2.45, 2.75) is 38.3 Å². The van der Waals surface area contributed by atoms with Gasteiger partial charge in [-0.05, 0) is 37.5 Å². The molecule has 2 aromatic carbocycles. The molecule has 2 aliphatic rings. The van der Waals surface area contributed by atoms with Crippen molar-refractivity contribution in [2.24, 2.45) is 5.16 Å². The summed E-state index contributed by atoms with van der Waals surface area (Å²) in [4.78, 5) is 32.7. The second-order valence-electron chi connectivity index (χ2n) is 7.98. The fourth-order valence-corrected chi connectivity index (χ4v) is 3.85. The lowest BCUT2D eigenvalue weighted by Gasteiger charge is -2.38. The Labute approximate surface area is 176 Å². The van der Waals surface area contributed by atoms with Crippen LogP contribution >= 0.6 is 0 Å². The van der Waals surface area contributed by atoms with Crippen LogP contribution in [0.1, 0.15) is 30.4 Å². The van der Waals surface area contributed by atoms with Gasteiger partial charge < -0.3 is 20.4 Å². The van der Waals surface area contributed by atoms with Crippen molar-refractivity contribution in [3.8, 4) is 0 Å². The number of benzene rings is 2. The van der Waals surface area contributed by atoms with E-state index >= 15 is 0 Å². The molecule has 2 aliphatic heterocycles. The summed E-state index contributed by atoms with van der Waals surface area (Å²) in [5.74, 6) is -0.224. The van der Waals surface area contributed by atoms with Gasteiger partial charge in [0.1, 0.15) is 5.71 Å². The minimum absolute atomic E-state index is 0.166. The topological polar surface area (TPSA) is 83.0 Å². The molecule has 1 spiro atoms. The molecule has 7 heteroatoms. The van der Waals surface area contributed by atoms with Crippen molar-refractivity contribution in [1.82, 2.24) is 10.2 Å². The van der Waals surface area contributed by atoms with Crippen LogP contribution in [0.2, 0.25) is 0 Å². The molecule has 2 aromatic rings. The van der Waals surface area contributed by atoms with Crippen LogP contribution in [0.25, 0.3) is 0 Å². The lowest BCUT2D eigenvalue weighted by molar-refractivity contribution is -0.115. The first-order chi connectivity index (χ1) is 14.5.